The number of anilines is 1. The predicted molar refractivity (Wildman–Crippen MR) is 86.7 cm³/mol. The molecule has 0 aromatic heterocycles. The number of hydrogen-bond donors (Lipinski definition) is 1. The van der Waals surface area contributed by atoms with Gasteiger partial charge in [-0.25, -0.2) is 8.42 Å². The van der Waals surface area contributed by atoms with Gasteiger partial charge in [-0.15, -0.1) is 0 Å². The van der Waals surface area contributed by atoms with Crippen molar-refractivity contribution in [3.8, 4) is 0 Å². The van der Waals surface area contributed by atoms with E-state index in [1.54, 1.807) is 28.6 Å². The summed E-state index contributed by atoms with van der Waals surface area (Å²) in [6, 6.07) is 14.9. The molecule has 2 aliphatic heterocycles. The van der Waals surface area contributed by atoms with Gasteiger partial charge in [0.05, 0.1) is 10.6 Å². The fourth-order valence-corrected chi connectivity index (χ4v) is 4.66. The summed E-state index contributed by atoms with van der Waals surface area (Å²) >= 11 is 0. The van der Waals surface area contributed by atoms with Crippen molar-refractivity contribution in [2.24, 2.45) is 0 Å². The molecule has 0 aliphatic carbocycles. The molecule has 0 bridgehead atoms. The number of nitrogens with zero attached hydrogens (tertiary/aromatic N) is 1. The van der Waals surface area contributed by atoms with Gasteiger partial charge < -0.3 is 5.32 Å². The number of rotatable bonds is 3. The maximum absolute atomic E-state index is 12.8. The largest absolute Gasteiger partial charge is 0.315 e. The molecule has 0 spiro atoms. The summed E-state index contributed by atoms with van der Waals surface area (Å²) in [5.41, 5.74) is 3.29. The Morgan fingerprint density at radius 1 is 1.05 bits per heavy atom. The van der Waals surface area contributed by atoms with Gasteiger partial charge in [0, 0.05) is 25.6 Å². The van der Waals surface area contributed by atoms with Gasteiger partial charge in [0.15, 0.2) is 0 Å². The summed E-state index contributed by atoms with van der Waals surface area (Å²) in [4.78, 5) is 0.357. The van der Waals surface area contributed by atoms with Crippen LogP contribution in [0.1, 0.15) is 17.0 Å². The van der Waals surface area contributed by atoms with Crippen molar-refractivity contribution >= 4 is 15.7 Å². The van der Waals surface area contributed by atoms with Crippen LogP contribution in [0.4, 0.5) is 5.69 Å². The first-order valence-electron chi connectivity index (χ1n) is 7.57. The van der Waals surface area contributed by atoms with E-state index < -0.39 is 10.0 Å². The smallest absolute Gasteiger partial charge is 0.264 e. The van der Waals surface area contributed by atoms with Crippen molar-refractivity contribution in [1.82, 2.24) is 5.32 Å². The third-order valence-corrected chi connectivity index (χ3v) is 6.37. The third kappa shape index (κ3) is 2.12. The van der Waals surface area contributed by atoms with Crippen LogP contribution in [-0.4, -0.2) is 28.1 Å². The minimum absolute atomic E-state index is 0.357. The highest BCUT2D eigenvalue weighted by molar-refractivity contribution is 7.92. The summed E-state index contributed by atoms with van der Waals surface area (Å²) in [6.07, 6.45) is 0.787. The Kier molecular flexibility index (Phi) is 3.20. The number of hydrogen-bond acceptors (Lipinski definition) is 3. The number of nitrogens with one attached hydrogen (secondary N) is 1. The zero-order chi connectivity index (χ0) is 15.2. The molecule has 2 aliphatic rings. The molecule has 0 radical (unpaired) electrons. The molecule has 114 valence electrons. The van der Waals surface area contributed by atoms with Crippen LogP contribution in [0.5, 0.6) is 0 Å². The number of benzene rings is 2. The lowest BCUT2D eigenvalue weighted by atomic mass is 9.92. The van der Waals surface area contributed by atoms with Crippen LogP contribution < -0.4 is 9.62 Å². The van der Waals surface area contributed by atoms with Gasteiger partial charge in [-0.2, -0.15) is 0 Å². The first-order chi connectivity index (χ1) is 10.7. The summed E-state index contributed by atoms with van der Waals surface area (Å²) in [6.45, 7) is 2.56. The first kappa shape index (κ1) is 13.8. The maximum atomic E-state index is 12.8. The highest BCUT2D eigenvalue weighted by atomic mass is 32.2. The molecule has 22 heavy (non-hydrogen) atoms. The SMILES string of the molecule is O=S(=O)(c1ccccc1)N1CCc2cc(C3CNC3)ccc21. The predicted octanol–water partition coefficient (Wildman–Crippen LogP) is 2.12. The Bertz CT molecular complexity index is 799. The molecule has 1 saturated heterocycles. The van der Waals surface area contributed by atoms with E-state index in [1.807, 2.05) is 12.1 Å². The molecule has 0 saturated carbocycles. The zero-order valence-electron chi connectivity index (χ0n) is 12.2. The van der Waals surface area contributed by atoms with Crippen LogP contribution in [0.15, 0.2) is 53.4 Å². The second-order valence-corrected chi connectivity index (χ2v) is 7.75. The van der Waals surface area contributed by atoms with Gasteiger partial charge >= 0.3 is 0 Å². The van der Waals surface area contributed by atoms with Crippen LogP contribution in [0, 0.1) is 0 Å². The van der Waals surface area contributed by atoms with Crippen LogP contribution in [-0.2, 0) is 16.4 Å². The Hall–Kier alpha value is -1.85. The maximum Gasteiger partial charge on any atom is 0.264 e. The molecule has 2 aromatic carbocycles. The van der Waals surface area contributed by atoms with Crippen molar-refractivity contribution in [2.75, 3.05) is 23.9 Å². The minimum Gasteiger partial charge on any atom is -0.315 e. The second-order valence-electron chi connectivity index (χ2n) is 5.88. The summed E-state index contributed by atoms with van der Waals surface area (Å²) in [5, 5.41) is 3.28. The zero-order valence-corrected chi connectivity index (χ0v) is 13.0. The van der Waals surface area contributed by atoms with E-state index in [2.05, 4.69) is 17.4 Å². The standard InChI is InChI=1S/C17H18N2O2S/c20-22(21,16-4-2-1-3-5-16)19-9-8-14-10-13(6-7-17(14)19)15-11-18-12-15/h1-7,10,15,18H,8-9,11-12H2. The van der Waals surface area contributed by atoms with E-state index >= 15 is 0 Å². The molecule has 0 atom stereocenters. The Morgan fingerprint density at radius 2 is 1.82 bits per heavy atom. The lowest BCUT2D eigenvalue weighted by molar-refractivity contribution is 0.448. The molecule has 5 heteroatoms. The molecule has 4 nitrogen and oxygen atoms in total. The van der Waals surface area contributed by atoms with Gasteiger partial charge in [0.2, 0.25) is 0 Å². The van der Waals surface area contributed by atoms with E-state index in [9.17, 15) is 8.42 Å². The van der Waals surface area contributed by atoms with Crippen molar-refractivity contribution < 1.29 is 8.42 Å². The van der Waals surface area contributed by atoms with Crippen molar-refractivity contribution in [1.29, 1.82) is 0 Å². The lowest BCUT2D eigenvalue weighted by Gasteiger charge is -2.28. The molecule has 2 heterocycles. The van der Waals surface area contributed by atoms with E-state index in [0.717, 1.165) is 30.8 Å². The normalized spacial score (nSPS) is 18.1. The summed E-state index contributed by atoms with van der Waals surface area (Å²) in [7, 11) is -3.46. The van der Waals surface area contributed by atoms with E-state index in [1.165, 1.54) is 5.56 Å². The number of fused-ring (bicyclic) bond motifs is 1. The Morgan fingerprint density at radius 3 is 2.50 bits per heavy atom. The van der Waals surface area contributed by atoms with Crippen molar-refractivity contribution in [3.05, 3.63) is 59.7 Å². The third-order valence-electron chi connectivity index (χ3n) is 4.54. The Labute approximate surface area is 130 Å². The van der Waals surface area contributed by atoms with Gasteiger partial charge in [-0.05, 0) is 35.7 Å². The molecule has 4 rings (SSSR count). The molecular formula is C17H18N2O2S. The fraction of sp³-hybridized carbons (Fsp3) is 0.294. The molecular weight excluding hydrogens is 296 g/mol. The highest BCUT2D eigenvalue weighted by Crippen LogP contribution is 2.35. The minimum atomic E-state index is -3.46. The van der Waals surface area contributed by atoms with E-state index in [-0.39, 0.29) is 0 Å². The quantitative estimate of drug-likeness (QED) is 0.944. The molecule has 0 amide bonds. The number of sulfonamides is 1. The second kappa shape index (κ2) is 5.11. The summed E-state index contributed by atoms with van der Waals surface area (Å²) in [5.74, 6) is 0.574. The molecule has 2 aromatic rings. The van der Waals surface area contributed by atoms with Crippen LogP contribution in [0.3, 0.4) is 0 Å². The fourth-order valence-electron chi connectivity index (χ4n) is 3.14. The van der Waals surface area contributed by atoms with Gasteiger partial charge in [0.1, 0.15) is 0 Å². The lowest BCUT2D eigenvalue weighted by Crippen LogP contribution is -2.39. The van der Waals surface area contributed by atoms with Gasteiger partial charge in [-0.3, -0.25) is 4.31 Å². The molecule has 1 N–H and O–H groups in total. The van der Waals surface area contributed by atoms with Crippen molar-refractivity contribution in [3.63, 3.8) is 0 Å². The topological polar surface area (TPSA) is 49.4 Å². The summed E-state index contributed by atoms with van der Waals surface area (Å²) < 4.78 is 27.1. The van der Waals surface area contributed by atoms with Crippen LogP contribution in [0.2, 0.25) is 0 Å². The van der Waals surface area contributed by atoms with E-state index in [4.69, 9.17) is 0 Å². The van der Waals surface area contributed by atoms with Crippen molar-refractivity contribution in [2.45, 2.75) is 17.2 Å². The molecule has 1 fully saturated rings. The van der Waals surface area contributed by atoms with Crippen LogP contribution in [0.25, 0.3) is 0 Å². The van der Waals surface area contributed by atoms with Gasteiger partial charge in [-0.1, -0.05) is 30.3 Å². The first-order valence-corrected chi connectivity index (χ1v) is 9.01. The van der Waals surface area contributed by atoms with Gasteiger partial charge in [0.25, 0.3) is 10.0 Å². The van der Waals surface area contributed by atoms with E-state index in [0.29, 0.717) is 17.4 Å². The Balaban J connectivity index is 1.70. The molecule has 0 unspecified atom stereocenters. The monoisotopic (exact) mass is 314 g/mol. The average Bonchev–Trinajstić information content (AvgIpc) is 2.90. The highest BCUT2D eigenvalue weighted by Gasteiger charge is 2.31. The average molecular weight is 314 g/mol. The van der Waals surface area contributed by atoms with Crippen LogP contribution >= 0.6 is 0 Å².